The number of hydrogen-bond acceptors (Lipinski definition) is 5. The van der Waals surface area contributed by atoms with Crippen molar-refractivity contribution in [3.8, 4) is 11.3 Å². The van der Waals surface area contributed by atoms with Gasteiger partial charge in [0.2, 0.25) is 0 Å². The van der Waals surface area contributed by atoms with Gasteiger partial charge in [0.1, 0.15) is 0 Å². The number of aromatic nitrogens is 2. The van der Waals surface area contributed by atoms with Gasteiger partial charge in [0.05, 0.1) is 41.4 Å². The van der Waals surface area contributed by atoms with Crippen molar-refractivity contribution in [1.82, 2.24) is 20.6 Å². The highest BCUT2D eigenvalue weighted by Gasteiger charge is 2.35. The highest BCUT2D eigenvalue weighted by atomic mass is 16.5. The van der Waals surface area contributed by atoms with Crippen LogP contribution in [-0.4, -0.2) is 53.3 Å². The fraction of sp³-hybridized carbons (Fsp3) is 0.389. The molecule has 3 N–H and O–H groups in total. The number of ether oxygens (including phenoxy) is 1. The number of ketones is 1. The van der Waals surface area contributed by atoms with Crippen LogP contribution in [0.5, 0.6) is 0 Å². The van der Waals surface area contributed by atoms with Gasteiger partial charge >= 0.3 is 6.03 Å². The van der Waals surface area contributed by atoms with E-state index >= 15 is 0 Å². The summed E-state index contributed by atoms with van der Waals surface area (Å²) in [5, 5.41) is 11.9. The average Bonchev–Trinajstić information content (AvgIpc) is 3.17. The van der Waals surface area contributed by atoms with E-state index in [1.807, 2.05) is 26.0 Å². The number of fused-ring (bicyclic) bond motifs is 3. The first-order valence-corrected chi connectivity index (χ1v) is 8.73. The second-order valence-electron chi connectivity index (χ2n) is 6.74. The highest BCUT2D eigenvalue weighted by molar-refractivity contribution is 6.25. The van der Waals surface area contributed by atoms with Crippen molar-refractivity contribution in [2.24, 2.45) is 0 Å². The van der Waals surface area contributed by atoms with Gasteiger partial charge < -0.3 is 10.1 Å². The standard InChI is InChI=1S/C18H21N5O3/c1-10(2)15-14-16(21-20-15)11-4-3-5-12(13(11)17(14)24)19-18(25)22-23-6-8-26-9-7-23/h3-5,10H,6-9H2,1-2H3,(H,20,21)(H2,19,22,25). The molecule has 2 heterocycles. The molecule has 2 amide bonds. The monoisotopic (exact) mass is 355 g/mol. The van der Waals surface area contributed by atoms with Gasteiger partial charge in [-0.05, 0) is 12.0 Å². The average molecular weight is 355 g/mol. The lowest BCUT2D eigenvalue weighted by atomic mass is 10.0. The lowest BCUT2D eigenvalue weighted by molar-refractivity contribution is 0.0207. The molecule has 1 fully saturated rings. The Bertz CT molecular complexity index is 868. The van der Waals surface area contributed by atoms with Crippen molar-refractivity contribution >= 4 is 17.5 Å². The number of nitrogens with zero attached hydrogens (tertiary/aromatic N) is 2. The number of amides is 2. The summed E-state index contributed by atoms with van der Waals surface area (Å²) in [6.45, 7) is 6.43. The van der Waals surface area contributed by atoms with Crippen LogP contribution in [0.4, 0.5) is 10.5 Å². The first-order valence-electron chi connectivity index (χ1n) is 8.73. The number of hydrazine groups is 1. The van der Waals surface area contributed by atoms with Crippen LogP contribution in [0.2, 0.25) is 0 Å². The number of hydrogen-bond donors (Lipinski definition) is 3. The van der Waals surface area contributed by atoms with Crippen molar-refractivity contribution < 1.29 is 14.3 Å². The van der Waals surface area contributed by atoms with E-state index in [1.165, 1.54) is 0 Å². The topological polar surface area (TPSA) is 99.3 Å². The number of aromatic amines is 1. The van der Waals surface area contributed by atoms with Gasteiger partial charge in [-0.25, -0.2) is 9.80 Å². The van der Waals surface area contributed by atoms with Crippen LogP contribution in [0.15, 0.2) is 18.2 Å². The predicted molar refractivity (Wildman–Crippen MR) is 96.1 cm³/mol. The molecule has 0 bridgehead atoms. The van der Waals surface area contributed by atoms with Gasteiger partial charge in [0, 0.05) is 18.7 Å². The molecule has 26 heavy (non-hydrogen) atoms. The van der Waals surface area contributed by atoms with Gasteiger partial charge in [-0.3, -0.25) is 15.3 Å². The third-order valence-electron chi connectivity index (χ3n) is 4.65. The number of carbonyl (C=O) groups excluding carboxylic acids is 2. The summed E-state index contributed by atoms with van der Waals surface area (Å²) in [6, 6.07) is 5.06. The van der Waals surface area contributed by atoms with Crippen LogP contribution in [0.25, 0.3) is 11.3 Å². The molecule has 1 aliphatic carbocycles. The number of morpholine rings is 1. The summed E-state index contributed by atoms with van der Waals surface area (Å²) < 4.78 is 5.26. The van der Waals surface area contributed by atoms with Gasteiger partial charge in [-0.2, -0.15) is 5.10 Å². The molecule has 0 radical (unpaired) electrons. The number of carbonyl (C=O) groups is 2. The van der Waals surface area contributed by atoms with E-state index in [9.17, 15) is 9.59 Å². The molecule has 1 aromatic heterocycles. The molecule has 8 nitrogen and oxygen atoms in total. The van der Waals surface area contributed by atoms with Gasteiger partial charge in [-0.1, -0.05) is 26.0 Å². The minimum absolute atomic E-state index is 0.102. The Kier molecular flexibility index (Phi) is 4.21. The zero-order valence-electron chi connectivity index (χ0n) is 14.8. The summed E-state index contributed by atoms with van der Waals surface area (Å²) in [4.78, 5) is 25.3. The Morgan fingerprint density at radius 1 is 1.27 bits per heavy atom. The fourth-order valence-corrected chi connectivity index (χ4v) is 3.40. The molecule has 1 saturated heterocycles. The van der Waals surface area contributed by atoms with Crippen molar-refractivity contribution in [3.63, 3.8) is 0 Å². The molecule has 2 aliphatic rings. The predicted octanol–water partition coefficient (Wildman–Crippen LogP) is 2.11. The third kappa shape index (κ3) is 2.77. The summed E-state index contributed by atoms with van der Waals surface area (Å²) in [6.07, 6.45) is 0. The van der Waals surface area contributed by atoms with Crippen LogP contribution in [0, 0.1) is 0 Å². The number of benzene rings is 1. The van der Waals surface area contributed by atoms with Gasteiger partial charge in [0.15, 0.2) is 5.78 Å². The molecule has 0 spiro atoms. The van der Waals surface area contributed by atoms with Crippen LogP contribution in [0.1, 0.15) is 41.4 Å². The summed E-state index contributed by atoms with van der Waals surface area (Å²) >= 11 is 0. The fourth-order valence-electron chi connectivity index (χ4n) is 3.40. The SMILES string of the molecule is CC(C)c1n[nH]c2c1C(=O)c1c(NC(=O)NN3CCOCC3)cccc1-2. The van der Waals surface area contributed by atoms with E-state index in [-0.39, 0.29) is 17.7 Å². The lowest BCUT2D eigenvalue weighted by Crippen LogP contribution is -2.49. The highest BCUT2D eigenvalue weighted by Crippen LogP contribution is 2.41. The lowest BCUT2D eigenvalue weighted by Gasteiger charge is -2.27. The number of H-pyrrole nitrogens is 1. The van der Waals surface area contributed by atoms with Crippen LogP contribution in [-0.2, 0) is 4.74 Å². The summed E-state index contributed by atoms with van der Waals surface area (Å²) in [7, 11) is 0. The Morgan fingerprint density at radius 3 is 2.77 bits per heavy atom. The van der Waals surface area contributed by atoms with Crippen molar-refractivity contribution in [2.75, 3.05) is 31.6 Å². The van der Waals surface area contributed by atoms with E-state index in [4.69, 9.17) is 4.74 Å². The normalized spacial score (nSPS) is 16.5. The molecule has 8 heteroatoms. The second-order valence-corrected chi connectivity index (χ2v) is 6.74. The quantitative estimate of drug-likeness (QED) is 0.668. The molecule has 4 rings (SSSR count). The van der Waals surface area contributed by atoms with E-state index in [0.717, 1.165) is 17.0 Å². The molecule has 1 aliphatic heterocycles. The molecule has 0 unspecified atom stereocenters. The number of anilines is 1. The van der Waals surface area contributed by atoms with Crippen LogP contribution < -0.4 is 10.7 Å². The maximum atomic E-state index is 13.0. The molecule has 0 atom stereocenters. The molecular formula is C18H21N5O3. The maximum Gasteiger partial charge on any atom is 0.333 e. The van der Waals surface area contributed by atoms with Crippen molar-refractivity contribution in [3.05, 3.63) is 35.0 Å². The molecule has 0 saturated carbocycles. The van der Waals surface area contributed by atoms with E-state index in [0.29, 0.717) is 43.1 Å². The largest absolute Gasteiger partial charge is 0.379 e. The molecular weight excluding hydrogens is 334 g/mol. The first-order chi connectivity index (χ1) is 12.6. The van der Waals surface area contributed by atoms with Gasteiger partial charge in [-0.15, -0.1) is 0 Å². The number of rotatable bonds is 3. The summed E-state index contributed by atoms with van der Waals surface area (Å²) in [5.74, 6) is 0.0315. The van der Waals surface area contributed by atoms with E-state index in [1.54, 1.807) is 11.1 Å². The minimum Gasteiger partial charge on any atom is -0.379 e. The smallest absolute Gasteiger partial charge is 0.333 e. The van der Waals surface area contributed by atoms with E-state index < -0.39 is 0 Å². The number of urea groups is 1. The molecule has 1 aromatic carbocycles. The van der Waals surface area contributed by atoms with E-state index in [2.05, 4.69) is 20.9 Å². The minimum atomic E-state index is -0.370. The van der Waals surface area contributed by atoms with Crippen molar-refractivity contribution in [2.45, 2.75) is 19.8 Å². The second kappa shape index (κ2) is 6.54. The third-order valence-corrected chi connectivity index (χ3v) is 4.65. The summed E-state index contributed by atoms with van der Waals surface area (Å²) in [5.41, 5.74) is 6.66. The number of nitrogens with one attached hydrogen (secondary N) is 3. The zero-order valence-corrected chi connectivity index (χ0v) is 14.8. The Hall–Kier alpha value is -2.71. The first kappa shape index (κ1) is 16.7. The van der Waals surface area contributed by atoms with Crippen LogP contribution in [0.3, 0.4) is 0 Å². The Balaban J connectivity index is 1.59. The molecule has 2 aromatic rings. The zero-order chi connectivity index (χ0) is 18.3. The van der Waals surface area contributed by atoms with Gasteiger partial charge in [0.25, 0.3) is 0 Å². The Labute approximate surface area is 150 Å². The maximum absolute atomic E-state index is 13.0. The van der Waals surface area contributed by atoms with Crippen molar-refractivity contribution in [1.29, 1.82) is 0 Å². The van der Waals surface area contributed by atoms with Crippen LogP contribution >= 0.6 is 0 Å². The molecule has 136 valence electrons. The Morgan fingerprint density at radius 2 is 2.04 bits per heavy atom.